The summed E-state index contributed by atoms with van der Waals surface area (Å²) in [7, 11) is 1.58. The van der Waals surface area contributed by atoms with Crippen LogP contribution in [0.15, 0.2) is 53.3 Å². The minimum Gasteiger partial charge on any atom is -0.493 e. The highest BCUT2D eigenvalue weighted by Crippen LogP contribution is 2.40. The molecule has 1 aliphatic rings. The van der Waals surface area contributed by atoms with Crippen LogP contribution in [0.25, 0.3) is 11.1 Å². The quantitative estimate of drug-likeness (QED) is 0.456. The average molecular weight is 430 g/mol. The molecule has 32 heavy (non-hydrogen) atoms. The summed E-state index contributed by atoms with van der Waals surface area (Å²) in [5.41, 5.74) is 3.92. The molecule has 8 nitrogen and oxygen atoms in total. The Kier molecular flexibility index (Phi) is 5.18. The molecule has 0 unspecified atom stereocenters. The number of carbonyl (C=O) groups excluding carboxylic acids is 1. The van der Waals surface area contributed by atoms with E-state index >= 15 is 0 Å². The Balaban J connectivity index is 1.41. The Morgan fingerprint density at radius 1 is 1.22 bits per heavy atom. The number of aryl methyl sites for hydroxylation is 1. The van der Waals surface area contributed by atoms with Crippen LogP contribution < -0.4 is 14.8 Å². The Bertz CT molecular complexity index is 1280. The number of hydrogen-bond acceptors (Lipinski definition) is 7. The van der Waals surface area contributed by atoms with Gasteiger partial charge in [-0.1, -0.05) is 11.2 Å². The number of nitrogens with one attached hydrogen (secondary N) is 1. The van der Waals surface area contributed by atoms with Crippen molar-refractivity contribution in [2.24, 2.45) is 0 Å². The van der Waals surface area contributed by atoms with Gasteiger partial charge in [0.05, 0.1) is 23.8 Å². The van der Waals surface area contributed by atoms with E-state index in [4.69, 9.17) is 14.0 Å². The molecule has 3 heterocycles. The Morgan fingerprint density at radius 2 is 2.09 bits per heavy atom. The van der Waals surface area contributed by atoms with Gasteiger partial charge in [-0.2, -0.15) is 0 Å². The second kappa shape index (κ2) is 8.30. The zero-order valence-corrected chi connectivity index (χ0v) is 17.8. The van der Waals surface area contributed by atoms with E-state index in [1.165, 1.54) is 0 Å². The molecule has 0 bridgehead atoms. The molecular formula is C24H22N4O4. The monoisotopic (exact) mass is 430 g/mol. The summed E-state index contributed by atoms with van der Waals surface area (Å²) in [5, 5.41) is 7.59. The first-order chi connectivity index (χ1) is 15.6. The van der Waals surface area contributed by atoms with Crippen molar-refractivity contribution in [3.05, 3.63) is 71.3 Å². The van der Waals surface area contributed by atoms with Gasteiger partial charge in [0, 0.05) is 41.3 Å². The number of hydrogen-bond donors (Lipinski definition) is 1. The van der Waals surface area contributed by atoms with Crippen LogP contribution in [0.4, 0.5) is 5.69 Å². The van der Waals surface area contributed by atoms with E-state index < -0.39 is 0 Å². The SMILES string of the molecule is COc1ccc(NC(=O)c2cc(C3CC3)nc3onc(C)c23)cc1OCc1cccnc1. The van der Waals surface area contributed by atoms with Crippen LogP contribution in [0.3, 0.4) is 0 Å². The highest BCUT2D eigenvalue weighted by molar-refractivity contribution is 6.12. The summed E-state index contributed by atoms with van der Waals surface area (Å²) in [4.78, 5) is 21.9. The minimum atomic E-state index is -0.256. The van der Waals surface area contributed by atoms with E-state index in [0.717, 1.165) is 24.1 Å². The first-order valence-corrected chi connectivity index (χ1v) is 10.4. The Morgan fingerprint density at radius 3 is 2.84 bits per heavy atom. The van der Waals surface area contributed by atoms with Crippen LogP contribution >= 0.6 is 0 Å². The molecule has 0 spiro atoms. The largest absolute Gasteiger partial charge is 0.493 e. The van der Waals surface area contributed by atoms with Gasteiger partial charge in [0.2, 0.25) is 0 Å². The van der Waals surface area contributed by atoms with E-state index in [1.54, 1.807) is 44.6 Å². The summed E-state index contributed by atoms with van der Waals surface area (Å²) in [6, 6.07) is 10.9. The molecule has 0 radical (unpaired) electrons. The van der Waals surface area contributed by atoms with Gasteiger partial charge in [0.25, 0.3) is 11.6 Å². The molecule has 1 amide bonds. The van der Waals surface area contributed by atoms with E-state index in [9.17, 15) is 4.79 Å². The smallest absolute Gasteiger partial charge is 0.259 e. The van der Waals surface area contributed by atoms with Crippen LogP contribution in [-0.4, -0.2) is 28.1 Å². The highest BCUT2D eigenvalue weighted by atomic mass is 16.5. The number of benzene rings is 1. The number of amides is 1. The average Bonchev–Trinajstić information content (AvgIpc) is 3.61. The predicted molar refractivity (Wildman–Crippen MR) is 118 cm³/mol. The predicted octanol–water partition coefficient (Wildman–Crippen LogP) is 4.64. The zero-order chi connectivity index (χ0) is 22.1. The van der Waals surface area contributed by atoms with Crippen molar-refractivity contribution >= 4 is 22.7 Å². The van der Waals surface area contributed by atoms with E-state index in [-0.39, 0.29) is 5.91 Å². The standard InChI is InChI=1S/C24H22N4O4/c1-14-22-18(11-19(16-5-6-16)27-24(22)32-28-14)23(29)26-17-7-8-20(30-2)21(10-17)31-13-15-4-3-9-25-12-15/h3-4,7-12,16H,5-6,13H2,1-2H3,(H,26,29). The first-order valence-electron chi connectivity index (χ1n) is 10.4. The lowest BCUT2D eigenvalue weighted by Crippen LogP contribution is -2.13. The number of anilines is 1. The fraction of sp³-hybridized carbons (Fsp3) is 0.250. The molecular weight excluding hydrogens is 408 g/mol. The van der Waals surface area contributed by atoms with Gasteiger partial charge in [0.15, 0.2) is 11.5 Å². The van der Waals surface area contributed by atoms with E-state index in [1.807, 2.05) is 18.2 Å². The first kappa shape index (κ1) is 20.0. The fourth-order valence-corrected chi connectivity index (χ4v) is 3.59. The molecule has 1 saturated carbocycles. The maximum atomic E-state index is 13.2. The number of aromatic nitrogens is 3. The van der Waals surface area contributed by atoms with Crippen LogP contribution in [-0.2, 0) is 6.61 Å². The summed E-state index contributed by atoms with van der Waals surface area (Å²) in [6.45, 7) is 2.13. The number of carbonyl (C=O) groups is 1. The molecule has 162 valence electrons. The van der Waals surface area contributed by atoms with Crippen LogP contribution in [0.5, 0.6) is 11.5 Å². The van der Waals surface area contributed by atoms with E-state index in [0.29, 0.717) is 52.1 Å². The second-order valence-electron chi connectivity index (χ2n) is 7.79. The molecule has 3 aromatic heterocycles. The van der Waals surface area contributed by atoms with Crippen molar-refractivity contribution in [1.29, 1.82) is 0 Å². The summed E-state index contributed by atoms with van der Waals surface area (Å²) in [5.74, 6) is 1.22. The second-order valence-corrected chi connectivity index (χ2v) is 7.79. The number of fused-ring (bicyclic) bond motifs is 1. The topological polar surface area (TPSA) is 99.4 Å². The van der Waals surface area contributed by atoms with Gasteiger partial charge in [0.1, 0.15) is 6.61 Å². The van der Waals surface area contributed by atoms with Crippen LogP contribution in [0.1, 0.15) is 46.1 Å². The van der Waals surface area contributed by atoms with Crippen molar-refractivity contribution in [2.45, 2.75) is 32.3 Å². The van der Waals surface area contributed by atoms with Crippen molar-refractivity contribution in [1.82, 2.24) is 15.1 Å². The highest BCUT2D eigenvalue weighted by Gasteiger charge is 2.28. The third-order valence-electron chi connectivity index (χ3n) is 5.42. The Hall–Kier alpha value is -3.94. The molecule has 1 N–H and O–H groups in total. The zero-order valence-electron chi connectivity index (χ0n) is 17.8. The van der Waals surface area contributed by atoms with Crippen molar-refractivity contribution < 1.29 is 18.8 Å². The fourth-order valence-electron chi connectivity index (χ4n) is 3.59. The lowest BCUT2D eigenvalue weighted by atomic mass is 10.1. The third kappa shape index (κ3) is 3.99. The molecule has 4 aromatic rings. The van der Waals surface area contributed by atoms with Gasteiger partial charge in [-0.25, -0.2) is 4.98 Å². The number of methoxy groups -OCH3 is 1. The van der Waals surface area contributed by atoms with Gasteiger partial charge in [-0.15, -0.1) is 0 Å². The number of pyridine rings is 2. The summed E-state index contributed by atoms with van der Waals surface area (Å²) < 4.78 is 16.7. The number of rotatable bonds is 7. The molecule has 0 aliphatic heterocycles. The normalized spacial score (nSPS) is 13.2. The van der Waals surface area contributed by atoms with Gasteiger partial charge in [-0.05, 0) is 44.0 Å². The van der Waals surface area contributed by atoms with Crippen molar-refractivity contribution in [2.75, 3.05) is 12.4 Å². The van der Waals surface area contributed by atoms with Gasteiger partial charge >= 0.3 is 0 Å². The molecule has 0 saturated heterocycles. The lowest BCUT2D eigenvalue weighted by Gasteiger charge is -2.13. The van der Waals surface area contributed by atoms with Crippen LogP contribution in [0, 0.1) is 6.92 Å². The van der Waals surface area contributed by atoms with Gasteiger partial charge < -0.3 is 19.3 Å². The molecule has 1 fully saturated rings. The maximum absolute atomic E-state index is 13.2. The van der Waals surface area contributed by atoms with Crippen molar-refractivity contribution in [3.8, 4) is 11.5 Å². The molecule has 5 rings (SSSR count). The number of nitrogens with zero attached hydrogens (tertiary/aromatic N) is 3. The third-order valence-corrected chi connectivity index (χ3v) is 5.42. The molecule has 0 atom stereocenters. The Labute approximate surface area is 184 Å². The van der Waals surface area contributed by atoms with Gasteiger partial charge in [-0.3, -0.25) is 9.78 Å². The summed E-state index contributed by atoms with van der Waals surface area (Å²) in [6.07, 6.45) is 5.60. The van der Waals surface area contributed by atoms with E-state index in [2.05, 4.69) is 20.4 Å². The minimum absolute atomic E-state index is 0.256. The number of ether oxygens (including phenoxy) is 2. The summed E-state index contributed by atoms with van der Waals surface area (Å²) >= 11 is 0. The van der Waals surface area contributed by atoms with Crippen LogP contribution in [0.2, 0.25) is 0 Å². The molecule has 1 aliphatic carbocycles. The lowest BCUT2D eigenvalue weighted by molar-refractivity contribution is 0.102. The maximum Gasteiger partial charge on any atom is 0.259 e. The molecule has 1 aromatic carbocycles. The molecule has 8 heteroatoms. The van der Waals surface area contributed by atoms with Crippen molar-refractivity contribution in [3.63, 3.8) is 0 Å².